The van der Waals surface area contributed by atoms with Crippen LogP contribution in [0.1, 0.15) is 24.0 Å². The molecule has 9 heteroatoms. The van der Waals surface area contributed by atoms with E-state index in [1.165, 1.54) is 38.6 Å². The molecule has 0 aliphatic heterocycles. The van der Waals surface area contributed by atoms with Crippen LogP contribution in [0.15, 0.2) is 47.6 Å². The Morgan fingerprint density at radius 1 is 0.933 bits per heavy atom. The molecule has 1 aliphatic carbocycles. The zero-order chi connectivity index (χ0) is 22.1. The molecule has 2 aromatic rings. The minimum atomic E-state index is -3.49. The summed E-state index contributed by atoms with van der Waals surface area (Å²) in [6, 6.07) is 8.58. The Morgan fingerprint density at radius 3 is 1.87 bits per heavy atom. The van der Waals surface area contributed by atoms with Crippen molar-refractivity contribution in [1.29, 1.82) is 0 Å². The summed E-state index contributed by atoms with van der Waals surface area (Å²) in [6.45, 7) is 0. The summed E-state index contributed by atoms with van der Waals surface area (Å²) in [5.41, 5.74) is 0.784. The molecule has 0 spiro atoms. The number of hydrogen-bond donors (Lipinski definition) is 0. The van der Waals surface area contributed by atoms with Crippen LogP contribution in [0, 0.1) is 11.2 Å². The van der Waals surface area contributed by atoms with E-state index >= 15 is 0 Å². The minimum Gasteiger partial charge on any atom is -0.468 e. The Labute approximate surface area is 173 Å². The molecule has 158 valence electrons. The molecule has 3 rings (SSSR count). The van der Waals surface area contributed by atoms with Crippen molar-refractivity contribution in [1.82, 2.24) is 4.98 Å². The predicted molar refractivity (Wildman–Crippen MR) is 106 cm³/mol. The number of rotatable bonds is 5. The van der Waals surface area contributed by atoms with Gasteiger partial charge in [-0.05, 0) is 40.5 Å². The summed E-state index contributed by atoms with van der Waals surface area (Å²) in [6.07, 6.45) is 2.38. The normalized spacial score (nSPS) is 15.7. The molecule has 1 aromatic heterocycles. The molecular formula is C21H20FNO6S. The van der Waals surface area contributed by atoms with E-state index in [0.717, 1.165) is 6.26 Å². The number of benzene rings is 1. The van der Waals surface area contributed by atoms with E-state index in [-0.39, 0.29) is 17.9 Å². The highest BCUT2D eigenvalue weighted by atomic mass is 32.2. The van der Waals surface area contributed by atoms with Crippen LogP contribution in [0.4, 0.5) is 4.39 Å². The van der Waals surface area contributed by atoms with Gasteiger partial charge < -0.3 is 9.47 Å². The van der Waals surface area contributed by atoms with Gasteiger partial charge in [-0.1, -0.05) is 18.2 Å². The molecular weight excluding hydrogens is 413 g/mol. The highest BCUT2D eigenvalue weighted by Gasteiger charge is 2.53. The largest absolute Gasteiger partial charge is 0.468 e. The first-order valence-electron chi connectivity index (χ1n) is 8.93. The number of sulfone groups is 1. The van der Waals surface area contributed by atoms with Crippen LogP contribution in [-0.4, -0.2) is 45.8 Å². The first kappa shape index (κ1) is 21.6. The van der Waals surface area contributed by atoms with E-state index in [0.29, 0.717) is 22.3 Å². The summed E-state index contributed by atoms with van der Waals surface area (Å²) in [4.78, 5) is 29.3. The molecule has 0 amide bonds. The number of hydrogen-bond acceptors (Lipinski definition) is 7. The minimum absolute atomic E-state index is 0.0128. The summed E-state index contributed by atoms with van der Waals surface area (Å²) < 4.78 is 46.6. The average Bonchev–Trinajstić information content (AvgIpc) is 3.14. The van der Waals surface area contributed by atoms with Crippen LogP contribution in [0.25, 0.3) is 11.1 Å². The van der Waals surface area contributed by atoms with Crippen LogP contribution in [0.2, 0.25) is 0 Å². The molecule has 0 saturated carbocycles. The second-order valence-electron chi connectivity index (χ2n) is 7.04. The summed E-state index contributed by atoms with van der Waals surface area (Å²) in [5, 5.41) is -0.0969. The standard InChI is InChI=1S/C21H20FNO6S/c1-28-19(24)21(20(25)29-2)10-16(13-4-7-15(22)8-5-13)17(11-21)14-6-9-18(23-12-14)30(3,26)27/h4-9,12H,10-11H2,1-3H3. The van der Waals surface area contributed by atoms with Crippen molar-refractivity contribution in [3.05, 3.63) is 59.5 Å². The van der Waals surface area contributed by atoms with Crippen LogP contribution in [0.5, 0.6) is 0 Å². The molecule has 0 saturated heterocycles. The Hall–Kier alpha value is -3.07. The molecule has 0 atom stereocenters. The lowest BCUT2D eigenvalue weighted by Crippen LogP contribution is -2.39. The molecule has 7 nitrogen and oxygen atoms in total. The third-order valence-corrected chi connectivity index (χ3v) is 6.13. The van der Waals surface area contributed by atoms with Crippen LogP contribution < -0.4 is 0 Å². The number of aromatic nitrogens is 1. The number of methoxy groups -OCH3 is 2. The molecule has 1 heterocycles. The molecule has 30 heavy (non-hydrogen) atoms. The van der Waals surface area contributed by atoms with Gasteiger partial charge in [-0.2, -0.15) is 0 Å². The van der Waals surface area contributed by atoms with Gasteiger partial charge in [-0.15, -0.1) is 0 Å². The van der Waals surface area contributed by atoms with Crippen LogP contribution >= 0.6 is 0 Å². The van der Waals surface area contributed by atoms with E-state index in [1.807, 2.05) is 0 Å². The van der Waals surface area contributed by atoms with Crippen molar-refractivity contribution >= 4 is 32.9 Å². The second-order valence-corrected chi connectivity index (χ2v) is 9.00. The Bertz CT molecular complexity index is 1110. The molecule has 0 radical (unpaired) electrons. The van der Waals surface area contributed by atoms with E-state index < -0.39 is 33.0 Å². The van der Waals surface area contributed by atoms with Gasteiger partial charge in [0.2, 0.25) is 0 Å². The van der Waals surface area contributed by atoms with Gasteiger partial charge >= 0.3 is 11.9 Å². The lowest BCUT2D eigenvalue weighted by molar-refractivity contribution is -0.167. The zero-order valence-corrected chi connectivity index (χ0v) is 17.5. The average molecular weight is 433 g/mol. The smallest absolute Gasteiger partial charge is 0.323 e. The van der Waals surface area contributed by atoms with Crippen LogP contribution in [-0.2, 0) is 28.9 Å². The molecule has 0 unspecified atom stereocenters. The number of carbonyl (C=O) groups is 2. The quantitative estimate of drug-likeness (QED) is 0.528. The SMILES string of the molecule is COC(=O)C1(C(=O)OC)CC(c2ccc(F)cc2)=C(c2ccc(S(C)(=O)=O)nc2)C1. The lowest BCUT2D eigenvalue weighted by Gasteiger charge is -2.23. The summed E-state index contributed by atoms with van der Waals surface area (Å²) in [5.74, 6) is -1.92. The number of nitrogens with zero attached hydrogens (tertiary/aromatic N) is 1. The third-order valence-electron chi connectivity index (χ3n) is 5.13. The maximum Gasteiger partial charge on any atom is 0.323 e. The van der Waals surface area contributed by atoms with E-state index in [4.69, 9.17) is 9.47 Å². The Morgan fingerprint density at radius 2 is 1.43 bits per heavy atom. The number of pyridine rings is 1. The maximum atomic E-state index is 13.4. The van der Waals surface area contributed by atoms with E-state index in [2.05, 4.69) is 4.98 Å². The van der Waals surface area contributed by atoms with Crippen molar-refractivity contribution in [2.75, 3.05) is 20.5 Å². The van der Waals surface area contributed by atoms with Crippen molar-refractivity contribution in [3.63, 3.8) is 0 Å². The van der Waals surface area contributed by atoms with Gasteiger partial charge in [0.25, 0.3) is 0 Å². The Kier molecular flexibility index (Phi) is 5.76. The number of halogens is 1. The molecule has 1 aliphatic rings. The van der Waals surface area contributed by atoms with Gasteiger partial charge in [0.15, 0.2) is 20.3 Å². The van der Waals surface area contributed by atoms with E-state index in [1.54, 1.807) is 18.2 Å². The van der Waals surface area contributed by atoms with Crippen LogP contribution in [0.3, 0.4) is 0 Å². The number of ether oxygens (including phenoxy) is 2. The van der Waals surface area contributed by atoms with Crippen molar-refractivity contribution in [2.45, 2.75) is 17.9 Å². The highest BCUT2D eigenvalue weighted by Crippen LogP contribution is 2.51. The highest BCUT2D eigenvalue weighted by molar-refractivity contribution is 7.90. The number of carbonyl (C=O) groups excluding carboxylic acids is 2. The van der Waals surface area contributed by atoms with Crippen molar-refractivity contribution in [3.8, 4) is 0 Å². The monoisotopic (exact) mass is 433 g/mol. The first-order chi connectivity index (χ1) is 14.1. The molecule has 0 bridgehead atoms. The van der Waals surface area contributed by atoms with Crippen molar-refractivity contribution < 1.29 is 31.9 Å². The molecule has 0 N–H and O–H groups in total. The summed E-state index contributed by atoms with van der Waals surface area (Å²) >= 11 is 0. The van der Waals surface area contributed by atoms with Gasteiger partial charge in [0.1, 0.15) is 5.82 Å². The second kappa shape index (κ2) is 7.98. The van der Waals surface area contributed by atoms with Gasteiger partial charge in [0, 0.05) is 25.3 Å². The molecule has 1 aromatic carbocycles. The third kappa shape index (κ3) is 3.85. The van der Waals surface area contributed by atoms with E-state index in [9.17, 15) is 22.4 Å². The fourth-order valence-electron chi connectivity index (χ4n) is 3.62. The van der Waals surface area contributed by atoms with Gasteiger partial charge in [-0.3, -0.25) is 9.59 Å². The topological polar surface area (TPSA) is 99.6 Å². The zero-order valence-electron chi connectivity index (χ0n) is 16.6. The number of esters is 2. The van der Waals surface area contributed by atoms with Gasteiger partial charge in [0.05, 0.1) is 14.2 Å². The van der Waals surface area contributed by atoms with Crippen molar-refractivity contribution in [2.24, 2.45) is 5.41 Å². The predicted octanol–water partition coefficient (Wildman–Crippen LogP) is 2.66. The van der Waals surface area contributed by atoms with Gasteiger partial charge in [-0.25, -0.2) is 17.8 Å². The maximum absolute atomic E-state index is 13.4. The first-order valence-corrected chi connectivity index (χ1v) is 10.8. The summed E-state index contributed by atoms with van der Waals surface area (Å²) in [7, 11) is -1.12. The fourth-order valence-corrected chi connectivity index (χ4v) is 4.18. The Balaban J connectivity index is 2.17. The lowest BCUT2D eigenvalue weighted by atomic mass is 9.82. The number of allylic oxidation sites excluding steroid dienone is 2. The fraction of sp³-hybridized carbons (Fsp3) is 0.286. The molecule has 0 fully saturated rings.